The predicted octanol–water partition coefficient (Wildman–Crippen LogP) is 6.50. The van der Waals surface area contributed by atoms with Gasteiger partial charge < -0.3 is 9.30 Å². The zero-order chi connectivity index (χ0) is 21.1. The van der Waals surface area contributed by atoms with Gasteiger partial charge in [-0.05, 0) is 44.8 Å². The van der Waals surface area contributed by atoms with Crippen molar-refractivity contribution < 1.29 is 4.74 Å². The van der Waals surface area contributed by atoms with Gasteiger partial charge in [-0.1, -0.05) is 45.2 Å². The molecule has 0 N–H and O–H groups in total. The van der Waals surface area contributed by atoms with E-state index in [0.717, 1.165) is 48.5 Å². The summed E-state index contributed by atoms with van der Waals surface area (Å²) >= 11 is 1.85. The lowest BCUT2D eigenvalue weighted by Gasteiger charge is -2.22. The van der Waals surface area contributed by atoms with Gasteiger partial charge >= 0.3 is 0 Å². The Kier molecular flexibility index (Phi) is 6.79. The Bertz CT molecular complexity index is 980. The quantitative estimate of drug-likeness (QED) is 0.412. The number of hydrogen-bond donors (Lipinski definition) is 0. The highest BCUT2D eigenvalue weighted by molar-refractivity contribution is 7.15. The molecule has 3 aromatic rings. The second-order valence-electron chi connectivity index (χ2n) is 8.54. The topological polar surface area (TPSA) is 30.3 Å². The molecule has 0 amide bonds. The summed E-state index contributed by atoms with van der Waals surface area (Å²) in [5, 5.41) is 2.39. The Morgan fingerprint density at radius 2 is 1.93 bits per heavy atom. The van der Waals surface area contributed by atoms with Crippen LogP contribution in [0, 0.1) is 12.8 Å². The molecule has 0 spiro atoms. The van der Waals surface area contributed by atoms with Crippen LogP contribution in [0.25, 0.3) is 21.5 Å². The van der Waals surface area contributed by atoms with E-state index in [1.807, 2.05) is 11.3 Å². The van der Waals surface area contributed by atoms with E-state index in [-0.39, 0.29) is 0 Å². The van der Waals surface area contributed by atoms with Crippen LogP contribution in [0.3, 0.4) is 0 Å². The Morgan fingerprint density at radius 1 is 1.17 bits per heavy atom. The first-order valence-electron chi connectivity index (χ1n) is 11.5. The fraction of sp³-hybridized carbons (Fsp3) is 0.560. The van der Waals surface area contributed by atoms with Crippen molar-refractivity contribution in [1.82, 2.24) is 14.5 Å². The Labute approximate surface area is 184 Å². The minimum absolute atomic E-state index is 0.767. The number of ether oxygens (including phenoxy) is 1. The Hall–Kier alpha value is -1.85. The zero-order valence-corrected chi connectivity index (χ0v) is 19.7. The first-order chi connectivity index (χ1) is 14.6. The van der Waals surface area contributed by atoms with E-state index in [0.29, 0.717) is 0 Å². The lowest BCUT2D eigenvalue weighted by atomic mass is 9.89. The van der Waals surface area contributed by atoms with Crippen molar-refractivity contribution in [3.05, 3.63) is 35.0 Å². The maximum atomic E-state index is 5.77. The summed E-state index contributed by atoms with van der Waals surface area (Å²) in [6.07, 6.45) is 9.15. The zero-order valence-electron chi connectivity index (χ0n) is 18.9. The third-order valence-corrected chi connectivity index (χ3v) is 7.82. The summed E-state index contributed by atoms with van der Waals surface area (Å²) in [7, 11) is 1.78. The monoisotopic (exact) mass is 425 g/mol. The van der Waals surface area contributed by atoms with Crippen LogP contribution in [0.15, 0.2) is 24.4 Å². The predicted molar refractivity (Wildman–Crippen MR) is 128 cm³/mol. The van der Waals surface area contributed by atoms with Crippen molar-refractivity contribution >= 4 is 22.2 Å². The number of methoxy groups -OCH3 is 1. The second kappa shape index (κ2) is 9.52. The minimum Gasteiger partial charge on any atom is -0.495 e. The molecule has 0 saturated heterocycles. The smallest absolute Gasteiger partial charge is 0.143 e. The minimum atomic E-state index is 0.767. The molecule has 5 heteroatoms. The molecule has 0 unspecified atom stereocenters. The molecular weight excluding hydrogens is 390 g/mol. The van der Waals surface area contributed by atoms with Gasteiger partial charge in [-0.3, -0.25) is 4.90 Å². The standard InChI is InChI=1S/C25H35N3OS/c1-5-27(6-2)17-23-18(3)26-25(30-23)21-16-28(15-19-11-8-7-9-12-19)24-20(21)13-10-14-22(24)29-4/h10,13-14,16,19H,5-9,11-12,15,17H2,1-4H3. The highest BCUT2D eigenvalue weighted by atomic mass is 32.1. The average Bonchev–Trinajstić information content (AvgIpc) is 3.33. The average molecular weight is 426 g/mol. The van der Waals surface area contributed by atoms with Crippen LogP contribution >= 0.6 is 11.3 Å². The van der Waals surface area contributed by atoms with Crippen molar-refractivity contribution in [2.75, 3.05) is 20.2 Å². The maximum absolute atomic E-state index is 5.77. The van der Waals surface area contributed by atoms with E-state index in [9.17, 15) is 0 Å². The highest BCUT2D eigenvalue weighted by Crippen LogP contribution is 2.39. The van der Waals surface area contributed by atoms with Crippen LogP contribution in [0.5, 0.6) is 5.75 Å². The van der Waals surface area contributed by atoms with Crippen LogP contribution in [0.2, 0.25) is 0 Å². The lowest BCUT2D eigenvalue weighted by molar-refractivity contribution is 0.298. The Balaban J connectivity index is 1.74. The third kappa shape index (κ3) is 4.28. The van der Waals surface area contributed by atoms with Gasteiger partial charge in [0.15, 0.2) is 0 Å². The largest absolute Gasteiger partial charge is 0.495 e. The van der Waals surface area contributed by atoms with Gasteiger partial charge in [0.1, 0.15) is 10.8 Å². The summed E-state index contributed by atoms with van der Waals surface area (Å²) in [5.41, 5.74) is 3.63. The van der Waals surface area contributed by atoms with Crippen LogP contribution < -0.4 is 4.74 Å². The lowest BCUT2D eigenvalue weighted by Crippen LogP contribution is -2.21. The molecule has 0 bridgehead atoms. The molecule has 1 aliphatic rings. The summed E-state index contributed by atoms with van der Waals surface area (Å²) < 4.78 is 8.22. The number of nitrogens with zero attached hydrogens (tertiary/aromatic N) is 3. The van der Waals surface area contributed by atoms with Crippen LogP contribution in [0.4, 0.5) is 0 Å². The van der Waals surface area contributed by atoms with Gasteiger partial charge in [-0.25, -0.2) is 4.98 Å². The fourth-order valence-electron chi connectivity index (χ4n) is 4.79. The Morgan fingerprint density at radius 3 is 2.63 bits per heavy atom. The van der Waals surface area contributed by atoms with Crippen LogP contribution in [-0.2, 0) is 13.1 Å². The van der Waals surface area contributed by atoms with Gasteiger partial charge in [0.25, 0.3) is 0 Å². The second-order valence-corrected chi connectivity index (χ2v) is 9.63. The van der Waals surface area contributed by atoms with Crippen molar-refractivity contribution in [3.63, 3.8) is 0 Å². The molecule has 0 radical (unpaired) electrons. The molecule has 1 fully saturated rings. The van der Waals surface area contributed by atoms with Gasteiger partial charge in [0.2, 0.25) is 0 Å². The normalized spacial score (nSPS) is 15.4. The molecule has 2 heterocycles. The van der Waals surface area contributed by atoms with E-state index in [2.05, 4.69) is 54.6 Å². The van der Waals surface area contributed by atoms with Crippen molar-refractivity contribution in [2.24, 2.45) is 5.92 Å². The van der Waals surface area contributed by atoms with E-state index in [1.165, 1.54) is 53.4 Å². The van der Waals surface area contributed by atoms with Gasteiger partial charge in [0.05, 0.1) is 18.3 Å². The van der Waals surface area contributed by atoms with Crippen LogP contribution in [0.1, 0.15) is 56.5 Å². The molecular formula is C25H35N3OS. The van der Waals surface area contributed by atoms with Crippen LogP contribution in [-0.4, -0.2) is 34.7 Å². The first-order valence-corrected chi connectivity index (χ1v) is 12.3. The molecule has 0 atom stereocenters. The third-order valence-electron chi connectivity index (χ3n) is 6.65. The number of rotatable bonds is 8. The van der Waals surface area contributed by atoms with E-state index in [4.69, 9.17) is 9.72 Å². The van der Waals surface area contributed by atoms with Gasteiger partial charge in [-0.2, -0.15) is 0 Å². The highest BCUT2D eigenvalue weighted by Gasteiger charge is 2.21. The number of aryl methyl sites for hydroxylation is 1. The molecule has 162 valence electrons. The molecule has 1 aliphatic carbocycles. The number of aromatic nitrogens is 2. The summed E-state index contributed by atoms with van der Waals surface area (Å²) in [4.78, 5) is 8.84. The number of benzene rings is 1. The van der Waals surface area contributed by atoms with Crippen molar-refractivity contribution in [1.29, 1.82) is 0 Å². The molecule has 4 nitrogen and oxygen atoms in total. The molecule has 30 heavy (non-hydrogen) atoms. The molecule has 0 aliphatic heterocycles. The molecule has 1 saturated carbocycles. The van der Waals surface area contributed by atoms with Crippen molar-refractivity contribution in [2.45, 2.75) is 66.0 Å². The fourth-order valence-corrected chi connectivity index (χ4v) is 5.92. The number of para-hydroxylation sites is 1. The van der Waals surface area contributed by atoms with E-state index >= 15 is 0 Å². The number of thiazole rings is 1. The van der Waals surface area contributed by atoms with Gasteiger partial charge in [0, 0.05) is 35.1 Å². The number of fused-ring (bicyclic) bond motifs is 1. The van der Waals surface area contributed by atoms with Crippen molar-refractivity contribution in [3.8, 4) is 16.3 Å². The first kappa shape index (κ1) is 21.4. The number of hydrogen-bond acceptors (Lipinski definition) is 4. The summed E-state index contributed by atoms with van der Waals surface area (Å²) in [5.74, 6) is 1.73. The summed E-state index contributed by atoms with van der Waals surface area (Å²) in [6, 6.07) is 6.42. The summed E-state index contributed by atoms with van der Waals surface area (Å²) in [6.45, 7) is 10.8. The van der Waals surface area contributed by atoms with E-state index < -0.39 is 0 Å². The molecule has 1 aromatic carbocycles. The SMILES string of the molecule is CCN(CC)Cc1sc(-c2cn(CC3CCCCC3)c3c(OC)cccc23)nc1C. The molecule has 4 rings (SSSR count). The van der Waals surface area contributed by atoms with E-state index in [1.54, 1.807) is 7.11 Å². The van der Waals surface area contributed by atoms with Gasteiger partial charge in [-0.15, -0.1) is 11.3 Å². The maximum Gasteiger partial charge on any atom is 0.143 e. The molecule has 2 aromatic heterocycles.